The molecule has 2 fully saturated rings. The molecule has 13 heavy (non-hydrogen) atoms. The van der Waals surface area contributed by atoms with Crippen molar-refractivity contribution in [1.29, 1.82) is 0 Å². The summed E-state index contributed by atoms with van der Waals surface area (Å²) in [6.45, 7) is 6.62. The van der Waals surface area contributed by atoms with Gasteiger partial charge in [-0.2, -0.15) is 0 Å². The third kappa shape index (κ3) is 2.44. The van der Waals surface area contributed by atoms with E-state index in [1.165, 1.54) is 25.7 Å². The molecule has 0 aromatic heterocycles. The van der Waals surface area contributed by atoms with E-state index in [9.17, 15) is 0 Å². The van der Waals surface area contributed by atoms with Crippen LogP contribution >= 0.6 is 0 Å². The van der Waals surface area contributed by atoms with E-state index in [0.717, 1.165) is 38.3 Å². The molecular formula is C11H21NO. The van der Waals surface area contributed by atoms with Gasteiger partial charge in [-0.1, -0.05) is 19.8 Å². The summed E-state index contributed by atoms with van der Waals surface area (Å²) in [6, 6.07) is 0.868. The van der Waals surface area contributed by atoms with Gasteiger partial charge < -0.3 is 4.74 Å². The van der Waals surface area contributed by atoms with Gasteiger partial charge in [-0.3, -0.25) is 4.90 Å². The number of rotatable bonds is 1. The number of hydrogen-bond acceptors (Lipinski definition) is 2. The first kappa shape index (κ1) is 9.47. The van der Waals surface area contributed by atoms with Crippen LogP contribution in [0.2, 0.25) is 0 Å². The molecule has 0 aromatic carbocycles. The Morgan fingerprint density at radius 3 is 2.62 bits per heavy atom. The minimum Gasteiger partial charge on any atom is -0.379 e. The molecule has 0 spiro atoms. The predicted molar refractivity (Wildman–Crippen MR) is 53.8 cm³/mol. The lowest BCUT2D eigenvalue weighted by Crippen LogP contribution is -2.45. The molecule has 2 heteroatoms. The van der Waals surface area contributed by atoms with Crippen LogP contribution in [0.3, 0.4) is 0 Å². The number of ether oxygens (including phenoxy) is 1. The molecule has 2 rings (SSSR count). The first-order valence-corrected chi connectivity index (χ1v) is 5.68. The van der Waals surface area contributed by atoms with Crippen molar-refractivity contribution in [2.45, 2.75) is 38.6 Å². The van der Waals surface area contributed by atoms with Crippen molar-refractivity contribution in [3.8, 4) is 0 Å². The molecule has 1 saturated carbocycles. The summed E-state index contributed by atoms with van der Waals surface area (Å²) in [5.41, 5.74) is 0. The molecule has 0 aromatic rings. The van der Waals surface area contributed by atoms with Crippen molar-refractivity contribution in [1.82, 2.24) is 4.90 Å². The summed E-state index contributed by atoms with van der Waals surface area (Å²) in [5.74, 6) is 0.946. The first-order chi connectivity index (χ1) is 6.36. The van der Waals surface area contributed by atoms with Gasteiger partial charge in [0.25, 0.3) is 0 Å². The Kier molecular flexibility index (Phi) is 3.23. The zero-order valence-corrected chi connectivity index (χ0v) is 8.67. The van der Waals surface area contributed by atoms with Crippen LogP contribution in [0.15, 0.2) is 0 Å². The minimum atomic E-state index is 0.868. The van der Waals surface area contributed by atoms with Crippen LogP contribution < -0.4 is 0 Å². The van der Waals surface area contributed by atoms with E-state index in [1.54, 1.807) is 0 Å². The highest BCUT2D eigenvalue weighted by atomic mass is 16.5. The second-order valence-corrected chi connectivity index (χ2v) is 4.57. The van der Waals surface area contributed by atoms with Crippen molar-refractivity contribution >= 4 is 0 Å². The van der Waals surface area contributed by atoms with Crippen molar-refractivity contribution < 1.29 is 4.74 Å². The van der Waals surface area contributed by atoms with Gasteiger partial charge in [-0.25, -0.2) is 0 Å². The average Bonchev–Trinajstić information content (AvgIpc) is 2.19. The van der Waals surface area contributed by atoms with E-state index < -0.39 is 0 Å². The van der Waals surface area contributed by atoms with Gasteiger partial charge >= 0.3 is 0 Å². The zero-order chi connectivity index (χ0) is 9.10. The van der Waals surface area contributed by atoms with E-state index in [-0.39, 0.29) is 0 Å². The Morgan fingerprint density at radius 2 is 1.92 bits per heavy atom. The fourth-order valence-corrected chi connectivity index (χ4v) is 2.68. The molecule has 0 radical (unpaired) electrons. The van der Waals surface area contributed by atoms with Crippen molar-refractivity contribution in [3.63, 3.8) is 0 Å². The number of hydrogen-bond donors (Lipinski definition) is 0. The lowest BCUT2D eigenvalue weighted by atomic mass is 9.86. The summed E-state index contributed by atoms with van der Waals surface area (Å²) in [6.07, 6.45) is 5.72. The normalized spacial score (nSPS) is 37.6. The SMILES string of the molecule is CC1CCCC(N2CCOCC2)C1. The van der Waals surface area contributed by atoms with Crippen molar-refractivity contribution in [2.75, 3.05) is 26.3 Å². The smallest absolute Gasteiger partial charge is 0.0594 e. The first-order valence-electron chi connectivity index (χ1n) is 5.68. The lowest BCUT2D eigenvalue weighted by molar-refractivity contribution is 0.00392. The van der Waals surface area contributed by atoms with Crippen LogP contribution in [0, 0.1) is 5.92 Å². The molecule has 0 N–H and O–H groups in total. The number of morpholine rings is 1. The number of nitrogens with zero attached hydrogens (tertiary/aromatic N) is 1. The molecule has 2 nitrogen and oxygen atoms in total. The third-order valence-electron chi connectivity index (χ3n) is 3.47. The highest BCUT2D eigenvalue weighted by Gasteiger charge is 2.25. The molecular weight excluding hydrogens is 162 g/mol. The maximum Gasteiger partial charge on any atom is 0.0594 e. The molecule has 2 atom stereocenters. The van der Waals surface area contributed by atoms with Crippen molar-refractivity contribution in [3.05, 3.63) is 0 Å². The fourth-order valence-electron chi connectivity index (χ4n) is 2.68. The van der Waals surface area contributed by atoms with Crippen LogP contribution in [0.25, 0.3) is 0 Å². The minimum absolute atomic E-state index is 0.868. The highest BCUT2D eigenvalue weighted by Crippen LogP contribution is 2.27. The maximum atomic E-state index is 5.38. The van der Waals surface area contributed by atoms with Crippen LogP contribution in [0.1, 0.15) is 32.6 Å². The van der Waals surface area contributed by atoms with Crippen LogP contribution in [-0.4, -0.2) is 37.2 Å². The summed E-state index contributed by atoms with van der Waals surface area (Å²) >= 11 is 0. The molecule has 1 saturated heterocycles. The zero-order valence-electron chi connectivity index (χ0n) is 8.67. The second kappa shape index (κ2) is 4.43. The third-order valence-corrected chi connectivity index (χ3v) is 3.47. The maximum absolute atomic E-state index is 5.38. The molecule has 1 aliphatic carbocycles. The standard InChI is InChI=1S/C11H21NO/c1-10-3-2-4-11(9-10)12-5-7-13-8-6-12/h10-11H,2-9H2,1H3. The van der Waals surface area contributed by atoms with Gasteiger partial charge in [0, 0.05) is 19.1 Å². The molecule has 1 heterocycles. The van der Waals surface area contributed by atoms with E-state index in [1.807, 2.05) is 0 Å². The van der Waals surface area contributed by atoms with Crippen LogP contribution in [0.5, 0.6) is 0 Å². The van der Waals surface area contributed by atoms with E-state index in [2.05, 4.69) is 11.8 Å². The highest BCUT2D eigenvalue weighted by molar-refractivity contribution is 4.79. The second-order valence-electron chi connectivity index (χ2n) is 4.57. The Bertz CT molecular complexity index is 154. The molecule has 0 bridgehead atoms. The Balaban J connectivity index is 1.83. The summed E-state index contributed by atoms with van der Waals surface area (Å²) < 4.78 is 5.38. The summed E-state index contributed by atoms with van der Waals surface area (Å²) in [4.78, 5) is 2.64. The monoisotopic (exact) mass is 183 g/mol. The topological polar surface area (TPSA) is 12.5 Å². The van der Waals surface area contributed by atoms with Crippen molar-refractivity contribution in [2.24, 2.45) is 5.92 Å². The Labute approximate surface area is 81.3 Å². The quantitative estimate of drug-likeness (QED) is 0.615. The van der Waals surface area contributed by atoms with Gasteiger partial charge in [0.15, 0.2) is 0 Å². The van der Waals surface area contributed by atoms with Crippen LogP contribution in [-0.2, 0) is 4.74 Å². The van der Waals surface area contributed by atoms with E-state index in [4.69, 9.17) is 4.74 Å². The van der Waals surface area contributed by atoms with Gasteiger partial charge in [-0.15, -0.1) is 0 Å². The molecule has 2 unspecified atom stereocenters. The van der Waals surface area contributed by atoms with E-state index in [0.29, 0.717) is 0 Å². The Hall–Kier alpha value is -0.0800. The molecule has 76 valence electrons. The summed E-state index contributed by atoms with van der Waals surface area (Å²) in [7, 11) is 0. The van der Waals surface area contributed by atoms with E-state index >= 15 is 0 Å². The van der Waals surface area contributed by atoms with Gasteiger partial charge in [-0.05, 0) is 18.8 Å². The molecule has 1 aliphatic heterocycles. The molecule has 0 amide bonds. The van der Waals surface area contributed by atoms with Gasteiger partial charge in [0.2, 0.25) is 0 Å². The fraction of sp³-hybridized carbons (Fsp3) is 1.00. The van der Waals surface area contributed by atoms with Gasteiger partial charge in [0.05, 0.1) is 13.2 Å². The largest absolute Gasteiger partial charge is 0.379 e. The van der Waals surface area contributed by atoms with Gasteiger partial charge in [0.1, 0.15) is 0 Å². The Morgan fingerprint density at radius 1 is 1.15 bits per heavy atom. The van der Waals surface area contributed by atoms with Crippen LogP contribution in [0.4, 0.5) is 0 Å². The molecule has 2 aliphatic rings. The average molecular weight is 183 g/mol. The summed E-state index contributed by atoms with van der Waals surface area (Å²) in [5, 5.41) is 0. The predicted octanol–water partition coefficient (Wildman–Crippen LogP) is 1.90. The lowest BCUT2D eigenvalue weighted by Gasteiger charge is -2.38.